The number of fused-ring (bicyclic) bond motifs is 2. The van der Waals surface area contributed by atoms with Crippen molar-refractivity contribution in [3.8, 4) is 0 Å². The Morgan fingerprint density at radius 3 is 2.82 bits per heavy atom. The fourth-order valence-electron chi connectivity index (χ4n) is 4.09. The van der Waals surface area contributed by atoms with Crippen LogP contribution in [0.15, 0.2) is 0 Å². The Bertz CT molecular complexity index is 326. The zero-order chi connectivity index (χ0) is 12.0. The molecule has 2 heterocycles. The van der Waals surface area contributed by atoms with Crippen molar-refractivity contribution in [3.63, 3.8) is 0 Å². The number of esters is 1. The second-order valence-electron chi connectivity index (χ2n) is 6.09. The number of carbonyl (C=O) groups excluding carboxylic acids is 1. The summed E-state index contributed by atoms with van der Waals surface area (Å²) < 4.78 is 5.61. The number of nitrogens with zero attached hydrogens (tertiary/aromatic N) is 1. The first-order valence-corrected chi connectivity index (χ1v) is 7.08. The van der Waals surface area contributed by atoms with E-state index in [-0.39, 0.29) is 12.1 Å². The van der Waals surface area contributed by atoms with Crippen molar-refractivity contribution in [1.82, 2.24) is 4.90 Å². The molecular weight excluding hydrogens is 214 g/mol. The molecule has 3 unspecified atom stereocenters. The Balaban J connectivity index is 1.73. The van der Waals surface area contributed by atoms with Crippen LogP contribution >= 0.6 is 0 Å². The quantitative estimate of drug-likeness (QED) is 0.706. The van der Waals surface area contributed by atoms with Gasteiger partial charge in [0.1, 0.15) is 6.10 Å². The minimum atomic E-state index is -0.0232. The Morgan fingerprint density at radius 2 is 2.18 bits per heavy atom. The SMILES string of the molecule is CCC(=O)OC1CC2CCC(C3CC3)(C1)N2C. The third kappa shape index (κ3) is 1.79. The smallest absolute Gasteiger partial charge is 0.305 e. The Morgan fingerprint density at radius 1 is 1.41 bits per heavy atom. The molecule has 0 spiro atoms. The molecule has 2 bridgehead atoms. The Labute approximate surface area is 104 Å². The third-order valence-corrected chi connectivity index (χ3v) is 5.20. The van der Waals surface area contributed by atoms with Gasteiger partial charge in [-0.05, 0) is 38.6 Å². The number of piperidine rings is 1. The van der Waals surface area contributed by atoms with Crippen molar-refractivity contribution in [2.24, 2.45) is 5.92 Å². The molecule has 3 atom stereocenters. The van der Waals surface area contributed by atoms with Crippen LogP contribution in [0.5, 0.6) is 0 Å². The molecule has 3 aliphatic rings. The summed E-state index contributed by atoms with van der Waals surface area (Å²) in [6.07, 6.45) is 8.20. The summed E-state index contributed by atoms with van der Waals surface area (Å²) in [5.41, 5.74) is 0.377. The molecule has 2 aliphatic heterocycles. The summed E-state index contributed by atoms with van der Waals surface area (Å²) in [4.78, 5) is 14.1. The second-order valence-corrected chi connectivity index (χ2v) is 6.09. The van der Waals surface area contributed by atoms with Crippen LogP contribution < -0.4 is 0 Å². The molecule has 0 radical (unpaired) electrons. The van der Waals surface area contributed by atoms with Crippen molar-refractivity contribution >= 4 is 5.97 Å². The van der Waals surface area contributed by atoms with Gasteiger partial charge < -0.3 is 4.74 Å². The molecule has 0 amide bonds. The van der Waals surface area contributed by atoms with Crippen LogP contribution in [0.4, 0.5) is 0 Å². The predicted octanol–water partition coefficient (Wildman–Crippen LogP) is 2.35. The summed E-state index contributed by atoms with van der Waals surface area (Å²) in [7, 11) is 2.29. The van der Waals surface area contributed by atoms with E-state index in [1.165, 1.54) is 25.7 Å². The molecule has 3 fully saturated rings. The molecule has 3 heteroatoms. The van der Waals surface area contributed by atoms with Gasteiger partial charge in [-0.15, -0.1) is 0 Å². The molecule has 0 aromatic rings. The Kier molecular flexibility index (Phi) is 2.69. The van der Waals surface area contributed by atoms with Crippen molar-refractivity contribution < 1.29 is 9.53 Å². The maximum Gasteiger partial charge on any atom is 0.305 e. The van der Waals surface area contributed by atoms with Crippen LogP contribution in [0.1, 0.15) is 51.9 Å². The van der Waals surface area contributed by atoms with Gasteiger partial charge in [0, 0.05) is 30.8 Å². The van der Waals surface area contributed by atoms with E-state index in [2.05, 4.69) is 11.9 Å². The summed E-state index contributed by atoms with van der Waals surface area (Å²) in [6, 6.07) is 0.652. The van der Waals surface area contributed by atoms with E-state index in [1.807, 2.05) is 6.92 Å². The molecule has 17 heavy (non-hydrogen) atoms. The largest absolute Gasteiger partial charge is 0.462 e. The van der Waals surface area contributed by atoms with E-state index >= 15 is 0 Å². The van der Waals surface area contributed by atoms with Crippen molar-refractivity contribution in [2.75, 3.05) is 7.05 Å². The van der Waals surface area contributed by atoms with Crippen molar-refractivity contribution in [3.05, 3.63) is 0 Å². The lowest BCUT2D eigenvalue weighted by molar-refractivity contribution is -0.154. The molecule has 0 aromatic heterocycles. The minimum Gasteiger partial charge on any atom is -0.462 e. The van der Waals surface area contributed by atoms with Crippen LogP contribution in [0.25, 0.3) is 0 Å². The number of hydrogen-bond acceptors (Lipinski definition) is 3. The standard InChI is InChI=1S/C14H23NO2/c1-3-13(16)17-12-8-11-6-7-14(9-12,15(11)2)10-4-5-10/h10-12H,3-9H2,1-2H3. The Hall–Kier alpha value is -0.570. The third-order valence-electron chi connectivity index (χ3n) is 5.20. The highest BCUT2D eigenvalue weighted by atomic mass is 16.5. The van der Waals surface area contributed by atoms with E-state index in [4.69, 9.17) is 4.74 Å². The van der Waals surface area contributed by atoms with Gasteiger partial charge in [0.25, 0.3) is 0 Å². The molecule has 1 saturated carbocycles. The van der Waals surface area contributed by atoms with Gasteiger partial charge in [-0.1, -0.05) is 6.92 Å². The molecule has 0 aromatic carbocycles. The van der Waals surface area contributed by atoms with E-state index in [1.54, 1.807) is 0 Å². The molecule has 1 aliphatic carbocycles. The monoisotopic (exact) mass is 237 g/mol. The van der Waals surface area contributed by atoms with Crippen LogP contribution in [0.3, 0.4) is 0 Å². The number of ether oxygens (including phenoxy) is 1. The van der Waals surface area contributed by atoms with Crippen molar-refractivity contribution in [1.29, 1.82) is 0 Å². The predicted molar refractivity (Wildman–Crippen MR) is 65.6 cm³/mol. The van der Waals surface area contributed by atoms with E-state index in [9.17, 15) is 4.79 Å². The summed E-state index contributed by atoms with van der Waals surface area (Å²) >= 11 is 0. The normalized spacial score (nSPS) is 41.5. The van der Waals surface area contributed by atoms with Gasteiger partial charge in [0.2, 0.25) is 0 Å². The van der Waals surface area contributed by atoms with E-state index in [0.29, 0.717) is 18.0 Å². The zero-order valence-electron chi connectivity index (χ0n) is 10.9. The number of hydrogen-bond donors (Lipinski definition) is 0. The molecular formula is C14H23NO2. The average Bonchev–Trinajstić information content (AvgIpc) is 3.11. The molecule has 96 valence electrons. The van der Waals surface area contributed by atoms with E-state index < -0.39 is 0 Å². The lowest BCUT2D eigenvalue weighted by Crippen LogP contribution is -2.54. The summed E-state index contributed by atoms with van der Waals surface area (Å²) in [5, 5.41) is 0. The molecule has 0 N–H and O–H groups in total. The van der Waals surface area contributed by atoms with Crippen LogP contribution in [-0.4, -0.2) is 35.6 Å². The maximum absolute atomic E-state index is 11.4. The number of rotatable bonds is 3. The van der Waals surface area contributed by atoms with Gasteiger partial charge in [-0.3, -0.25) is 9.69 Å². The van der Waals surface area contributed by atoms with Crippen molar-refractivity contribution in [2.45, 2.75) is 69.6 Å². The summed E-state index contributed by atoms with van der Waals surface area (Å²) in [5.74, 6) is 0.852. The first kappa shape index (κ1) is 11.5. The van der Waals surface area contributed by atoms with Gasteiger partial charge >= 0.3 is 5.97 Å². The highest BCUT2D eigenvalue weighted by molar-refractivity contribution is 5.69. The average molecular weight is 237 g/mol. The van der Waals surface area contributed by atoms with Gasteiger partial charge in [0.05, 0.1) is 0 Å². The maximum atomic E-state index is 11.4. The molecule has 3 rings (SSSR count). The second kappa shape index (κ2) is 3.98. The minimum absolute atomic E-state index is 0.0232. The van der Waals surface area contributed by atoms with E-state index in [0.717, 1.165) is 18.8 Å². The topological polar surface area (TPSA) is 29.5 Å². The van der Waals surface area contributed by atoms with Crippen LogP contribution in [0.2, 0.25) is 0 Å². The number of carbonyl (C=O) groups is 1. The highest BCUT2D eigenvalue weighted by Crippen LogP contribution is 2.55. The first-order valence-electron chi connectivity index (χ1n) is 7.08. The van der Waals surface area contributed by atoms with Gasteiger partial charge in [0.15, 0.2) is 0 Å². The fourth-order valence-corrected chi connectivity index (χ4v) is 4.09. The highest BCUT2D eigenvalue weighted by Gasteiger charge is 2.57. The lowest BCUT2D eigenvalue weighted by Gasteiger charge is -2.46. The van der Waals surface area contributed by atoms with Crippen LogP contribution in [-0.2, 0) is 9.53 Å². The van der Waals surface area contributed by atoms with Gasteiger partial charge in [-0.2, -0.15) is 0 Å². The molecule has 2 saturated heterocycles. The first-order chi connectivity index (χ1) is 8.15. The van der Waals surface area contributed by atoms with Gasteiger partial charge in [-0.25, -0.2) is 0 Å². The zero-order valence-corrected chi connectivity index (χ0v) is 10.9. The molecule has 3 nitrogen and oxygen atoms in total. The summed E-state index contributed by atoms with van der Waals surface area (Å²) in [6.45, 7) is 1.88. The van der Waals surface area contributed by atoms with Crippen LogP contribution in [0, 0.1) is 5.92 Å². The fraction of sp³-hybridized carbons (Fsp3) is 0.929. The lowest BCUT2D eigenvalue weighted by atomic mass is 9.82.